The van der Waals surface area contributed by atoms with Crippen LogP contribution in [0, 0.1) is 0 Å². The Labute approximate surface area is 231 Å². The first-order valence-electron chi connectivity index (χ1n) is 15.5. The minimum absolute atomic E-state index is 0.236. The number of carboxylic acids is 1. The lowest BCUT2D eigenvalue weighted by atomic mass is 9.95. The van der Waals surface area contributed by atoms with E-state index in [0.717, 1.165) is 24.2 Å². The number of aromatic carboxylic acids is 1. The molecule has 0 radical (unpaired) electrons. The Morgan fingerprint density at radius 2 is 1.24 bits per heavy atom. The van der Waals surface area contributed by atoms with Crippen molar-refractivity contribution in [2.45, 2.75) is 129 Å². The third kappa shape index (κ3) is 10.3. The number of para-hydroxylation sites is 1. The first-order valence-corrected chi connectivity index (χ1v) is 15.5. The van der Waals surface area contributed by atoms with Crippen LogP contribution in [0.25, 0.3) is 0 Å². The van der Waals surface area contributed by atoms with E-state index in [1.165, 1.54) is 103 Å². The molecule has 1 aliphatic rings. The monoisotopic (exact) mass is 522 g/mol. The van der Waals surface area contributed by atoms with E-state index in [4.69, 9.17) is 9.47 Å². The first kappa shape index (κ1) is 30.1. The quantitative estimate of drug-likeness (QED) is 0.141. The van der Waals surface area contributed by atoms with Crippen molar-refractivity contribution in [3.8, 4) is 17.2 Å². The second kappa shape index (κ2) is 17.9. The average Bonchev–Trinajstić information content (AvgIpc) is 2.92. The molecule has 1 aliphatic heterocycles. The Balaban J connectivity index is 1.20. The second-order valence-electron chi connectivity index (χ2n) is 11.0. The standard InChI is InChI=1S/C34H50O4/c1-2-3-4-5-6-7-8-9-10-11-12-13-14-15-16-17-18-21-26-37-32-25-24-31-29(33(32)34(35)36)27-28-22-19-20-23-30(28)38-31/h19-20,22-25H,2-18,21,26-27H2,1H3,(H,35,36). The zero-order valence-electron chi connectivity index (χ0n) is 23.8. The van der Waals surface area contributed by atoms with Crippen molar-refractivity contribution in [1.29, 1.82) is 0 Å². The van der Waals surface area contributed by atoms with Crippen molar-refractivity contribution in [2.24, 2.45) is 0 Å². The van der Waals surface area contributed by atoms with Gasteiger partial charge < -0.3 is 14.6 Å². The summed E-state index contributed by atoms with van der Waals surface area (Å²) in [7, 11) is 0. The molecule has 0 aromatic heterocycles. The number of carbonyl (C=O) groups is 1. The maximum Gasteiger partial charge on any atom is 0.339 e. The van der Waals surface area contributed by atoms with Gasteiger partial charge >= 0.3 is 5.97 Å². The van der Waals surface area contributed by atoms with Crippen LogP contribution in [0.3, 0.4) is 0 Å². The van der Waals surface area contributed by atoms with Crippen molar-refractivity contribution >= 4 is 5.97 Å². The number of rotatable bonds is 21. The predicted molar refractivity (Wildman–Crippen MR) is 157 cm³/mol. The lowest BCUT2D eigenvalue weighted by Gasteiger charge is -2.23. The highest BCUT2D eigenvalue weighted by molar-refractivity contribution is 5.94. The van der Waals surface area contributed by atoms with E-state index in [-0.39, 0.29) is 5.56 Å². The molecule has 0 bridgehead atoms. The summed E-state index contributed by atoms with van der Waals surface area (Å²) in [5.74, 6) is 0.897. The van der Waals surface area contributed by atoms with Gasteiger partial charge in [0.25, 0.3) is 0 Å². The summed E-state index contributed by atoms with van der Waals surface area (Å²) in [6.45, 7) is 2.83. The Kier molecular flexibility index (Phi) is 14.2. The van der Waals surface area contributed by atoms with E-state index >= 15 is 0 Å². The van der Waals surface area contributed by atoms with Crippen molar-refractivity contribution in [3.63, 3.8) is 0 Å². The number of hydrogen-bond donors (Lipinski definition) is 1. The molecule has 38 heavy (non-hydrogen) atoms. The number of ether oxygens (including phenoxy) is 2. The van der Waals surface area contributed by atoms with Gasteiger partial charge in [0.1, 0.15) is 22.8 Å². The molecule has 0 aliphatic carbocycles. The lowest BCUT2D eigenvalue weighted by molar-refractivity contribution is 0.0690. The number of carboxylic acid groups (broad SMARTS) is 1. The van der Waals surface area contributed by atoms with Crippen LogP contribution in [0.5, 0.6) is 17.2 Å². The molecule has 3 rings (SSSR count). The molecule has 0 saturated carbocycles. The molecular formula is C34H50O4. The third-order valence-corrected chi connectivity index (χ3v) is 7.76. The van der Waals surface area contributed by atoms with Gasteiger partial charge in [-0.1, -0.05) is 134 Å². The van der Waals surface area contributed by atoms with E-state index in [9.17, 15) is 9.90 Å². The fourth-order valence-corrected chi connectivity index (χ4v) is 5.48. The number of benzene rings is 2. The summed E-state index contributed by atoms with van der Waals surface area (Å²) < 4.78 is 11.9. The number of unbranched alkanes of at least 4 members (excludes halogenated alkanes) is 17. The molecule has 210 valence electrons. The van der Waals surface area contributed by atoms with Crippen molar-refractivity contribution in [2.75, 3.05) is 6.61 Å². The van der Waals surface area contributed by atoms with Gasteiger partial charge in [-0.25, -0.2) is 4.79 Å². The summed E-state index contributed by atoms with van der Waals surface area (Å²) in [5.41, 5.74) is 1.94. The average molecular weight is 523 g/mol. The third-order valence-electron chi connectivity index (χ3n) is 7.76. The topological polar surface area (TPSA) is 55.8 Å². The molecule has 1 N–H and O–H groups in total. The van der Waals surface area contributed by atoms with Crippen LogP contribution >= 0.6 is 0 Å². The minimum atomic E-state index is -0.961. The largest absolute Gasteiger partial charge is 0.493 e. The Morgan fingerprint density at radius 3 is 1.79 bits per heavy atom. The predicted octanol–water partition coefficient (Wildman–Crippen LogP) is 10.5. The van der Waals surface area contributed by atoms with Gasteiger partial charge in [-0.2, -0.15) is 0 Å². The maximum absolute atomic E-state index is 12.1. The highest BCUT2D eigenvalue weighted by Gasteiger charge is 2.26. The summed E-state index contributed by atoms with van der Waals surface area (Å²) in [6.07, 6.45) is 24.8. The van der Waals surface area contributed by atoms with Gasteiger partial charge in [0, 0.05) is 12.0 Å². The zero-order chi connectivity index (χ0) is 26.8. The van der Waals surface area contributed by atoms with E-state index in [0.29, 0.717) is 30.1 Å². The van der Waals surface area contributed by atoms with E-state index < -0.39 is 5.97 Å². The molecule has 1 heterocycles. The van der Waals surface area contributed by atoms with Crippen LogP contribution in [0.15, 0.2) is 36.4 Å². The van der Waals surface area contributed by atoms with Gasteiger partial charge in [0.15, 0.2) is 0 Å². The molecule has 4 heteroatoms. The van der Waals surface area contributed by atoms with Gasteiger partial charge in [-0.05, 0) is 30.2 Å². The highest BCUT2D eigenvalue weighted by Crippen LogP contribution is 2.41. The molecule has 4 nitrogen and oxygen atoms in total. The molecule has 0 saturated heterocycles. The molecule has 2 aromatic carbocycles. The van der Waals surface area contributed by atoms with Gasteiger partial charge in [-0.15, -0.1) is 0 Å². The van der Waals surface area contributed by atoms with Crippen molar-refractivity contribution < 1.29 is 19.4 Å². The van der Waals surface area contributed by atoms with Gasteiger partial charge in [0.2, 0.25) is 0 Å². The molecule has 2 aromatic rings. The first-order chi connectivity index (χ1) is 18.7. The Morgan fingerprint density at radius 1 is 0.711 bits per heavy atom. The van der Waals surface area contributed by atoms with Crippen molar-refractivity contribution in [3.05, 3.63) is 53.1 Å². The molecule has 0 amide bonds. The number of fused-ring (bicyclic) bond motifs is 2. The van der Waals surface area contributed by atoms with Gasteiger partial charge in [0.05, 0.1) is 6.61 Å². The molecule has 0 fully saturated rings. The van der Waals surface area contributed by atoms with Crippen LogP contribution in [0.2, 0.25) is 0 Å². The van der Waals surface area contributed by atoms with Crippen LogP contribution < -0.4 is 9.47 Å². The van der Waals surface area contributed by atoms with Crippen LogP contribution in [0.4, 0.5) is 0 Å². The SMILES string of the molecule is CCCCCCCCCCCCCCCCCCCCOc1ccc2c(c1C(=O)O)Cc1ccccc1O2. The fourth-order valence-electron chi connectivity index (χ4n) is 5.48. The number of hydrogen-bond acceptors (Lipinski definition) is 3. The van der Waals surface area contributed by atoms with E-state index in [2.05, 4.69) is 6.92 Å². The molecule has 0 spiro atoms. The summed E-state index contributed by atoms with van der Waals surface area (Å²) in [5, 5.41) is 9.89. The van der Waals surface area contributed by atoms with Crippen LogP contribution in [-0.4, -0.2) is 17.7 Å². The minimum Gasteiger partial charge on any atom is -0.493 e. The molecular weight excluding hydrogens is 472 g/mol. The Bertz CT molecular complexity index is 951. The second-order valence-corrected chi connectivity index (χ2v) is 11.0. The van der Waals surface area contributed by atoms with Crippen LogP contribution in [0.1, 0.15) is 144 Å². The molecule has 0 unspecified atom stereocenters. The highest BCUT2D eigenvalue weighted by atomic mass is 16.5. The molecule has 0 atom stereocenters. The fraction of sp³-hybridized carbons (Fsp3) is 0.618. The summed E-state index contributed by atoms with van der Waals surface area (Å²) in [6, 6.07) is 11.4. The summed E-state index contributed by atoms with van der Waals surface area (Å²) in [4.78, 5) is 12.1. The zero-order valence-corrected chi connectivity index (χ0v) is 23.8. The van der Waals surface area contributed by atoms with E-state index in [1.807, 2.05) is 30.3 Å². The van der Waals surface area contributed by atoms with E-state index in [1.54, 1.807) is 6.07 Å². The summed E-state index contributed by atoms with van der Waals surface area (Å²) >= 11 is 0. The van der Waals surface area contributed by atoms with Gasteiger partial charge in [-0.3, -0.25) is 0 Å². The normalized spacial score (nSPS) is 12.0. The smallest absolute Gasteiger partial charge is 0.339 e. The maximum atomic E-state index is 12.1. The van der Waals surface area contributed by atoms with Crippen LogP contribution in [-0.2, 0) is 6.42 Å². The lowest BCUT2D eigenvalue weighted by Crippen LogP contribution is -2.12. The van der Waals surface area contributed by atoms with Crippen molar-refractivity contribution in [1.82, 2.24) is 0 Å². The Hall–Kier alpha value is -2.49.